The smallest absolute Gasteiger partial charge is 0.246 e. The molecule has 8 nitrogen and oxygen atoms in total. The van der Waals surface area contributed by atoms with Crippen LogP contribution in [0.5, 0.6) is 5.75 Å². The zero-order valence-electron chi connectivity index (χ0n) is 16.6. The number of hydrogen-bond acceptors (Lipinski definition) is 6. The van der Waals surface area contributed by atoms with Gasteiger partial charge in [0, 0.05) is 25.3 Å². The summed E-state index contributed by atoms with van der Waals surface area (Å²) in [7, 11) is -2.35. The van der Waals surface area contributed by atoms with Crippen LogP contribution in [0.1, 0.15) is 26.7 Å². The standard InChI is InChI=1S/C18H29N3O5S.ClH/c1-4-18(5-2,13-19)17(22)20-14-6-7-15(25-3)16(12-14)27(23,24)21-8-10-26-11-9-21;/h6-7,12H,4-5,8-11,13,19H2,1-3H3,(H,20,22);1H. The Kier molecular flexibility index (Phi) is 9.16. The molecular weight excluding hydrogens is 406 g/mol. The third-order valence-corrected chi connectivity index (χ3v) is 7.16. The molecule has 2 rings (SSSR count). The molecule has 1 aromatic rings. The van der Waals surface area contributed by atoms with E-state index in [1.165, 1.54) is 17.5 Å². The van der Waals surface area contributed by atoms with E-state index < -0.39 is 15.4 Å². The Bertz CT molecular complexity index is 754. The highest BCUT2D eigenvalue weighted by Crippen LogP contribution is 2.32. The molecule has 0 saturated carbocycles. The summed E-state index contributed by atoms with van der Waals surface area (Å²) in [6.07, 6.45) is 1.20. The van der Waals surface area contributed by atoms with Crippen molar-refractivity contribution in [2.24, 2.45) is 11.1 Å². The van der Waals surface area contributed by atoms with E-state index in [4.69, 9.17) is 15.2 Å². The van der Waals surface area contributed by atoms with Crippen LogP contribution in [0.3, 0.4) is 0 Å². The lowest BCUT2D eigenvalue weighted by molar-refractivity contribution is -0.125. The Morgan fingerprint density at radius 1 is 1.29 bits per heavy atom. The number of nitrogens with one attached hydrogen (secondary N) is 1. The maximum atomic E-state index is 13.0. The molecule has 1 amide bonds. The third kappa shape index (κ3) is 4.96. The molecule has 0 aliphatic carbocycles. The van der Waals surface area contributed by atoms with Crippen LogP contribution in [-0.4, -0.2) is 58.6 Å². The average Bonchev–Trinajstić information content (AvgIpc) is 2.70. The molecule has 0 radical (unpaired) electrons. The van der Waals surface area contributed by atoms with Crippen molar-refractivity contribution >= 4 is 34.0 Å². The minimum atomic E-state index is -3.76. The number of carbonyl (C=O) groups is 1. The molecule has 3 N–H and O–H groups in total. The van der Waals surface area contributed by atoms with E-state index in [1.54, 1.807) is 12.1 Å². The van der Waals surface area contributed by atoms with Gasteiger partial charge in [0.1, 0.15) is 10.6 Å². The van der Waals surface area contributed by atoms with Gasteiger partial charge in [-0.1, -0.05) is 13.8 Å². The van der Waals surface area contributed by atoms with Crippen molar-refractivity contribution in [3.05, 3.63) is 18.2 Å². The van der Waals surface area contributed by atoms with Gasteiger partial charge in [-0.2, -0.15) is 4.31 Å². The van der Waals surface area contributed by atoms with Gasteiger partial charge in [-0.15, -0.1) is 12.4 Å². The van der Waals surface area contributed by atoms with Gasteiger partial charge in [0.05, 0.1) is 25.7 Å². The largest absolute Gasteiger partial charge is 0.495 e. The molecule has 0 aromatic heterocycles. The Morgan fingerprint density at radius 3 is 2.39 bits per heavy atom. The molecule has 1 aromatic carbocycles. The molecule has 28 heavy (non-hydrogen) atoms. The van der Waals surface area contributed by atoms with E-state index in [9.17, 15) is 13.2 Å². The normalized spacial score (nSPS) is 15.6. The van der Waals surface area contributed by atoms with Crippen LogP contribution in [-0.2, 0) is 19.6 Å². The van der Waals surface area contributed by atoms with Gasteiger partial charge in [-0.25, -0.2) is 8.42 Å². The summed E-state index contributed by atoms with van der Waals surface area (Å²) in [4.78, 5) is 12.8. The molecule has 1 aliphatic rings. The minimum Gasteiger partial charge on any atom is -0.495 e. The van der Waals surface area contributed by atoms with Crippen molar-refractivity contribution in [1.29, 1.82) is 0 Å². The topological polar surface area (TPSA) is 111 Å². The number of methoxy groups -OCH3 is 1. The summed E-state index contributed by atoms with van der Waals surface area (Å²) in [5.74, 6) is 0.0189. The van der Waals surface area contributed by atoms with Crippen LogP contribution in [0.2, 0.25) is 0 Å². The maximum Gasteiger partial charge on any atom is 0.246 e. The number of anilines is 1. The molecule has 0 unspecified atom stereocenters. The van der Waals surface area contributed by atoms with E-state index in [2.05, 4.69) is 5.32 Å². The zero-order chi connectivity index (χ0) is 20.1. The fourth-order valence-corrected chi connectivity index (χ4v) is 4.69. The SMILES string of the molecule is CCC(CC)(CN)C(=O)Nc1ccc(OC)c(S(=O)(=O)N2CCOCC2)c1.Cl. The van der Waals surface area contributed by atoms with Gasteiger partial charge < -0.3 is 20.5 Å². The fraction of sp³-hybridized carbons (Fsp3) is 0.611. The summed E-state index contributed by atoms with van der Waals surface area (Å²) < 4.78 is 37.9. The predicted molar refractivity (Wildman–Crippen MR) is 111 cm³/mol. The molecular formula is C18H30ClN3O5S. The minimum absolute atomic E-state index is 0. The van der Waals surface area contributed by atoms with Crippen molar-refractivity contribution in [2.45, 2.75) is 31.6 Å². The summed E-state index contributed by atoms with van der Waals surface area (Å²) in [6, 6.07) is 4.61. The van der Waals surface area contributed by atoms with E-state index in [0.29, 0.717) is 31.7 Å². The number of hydrogen-bond donors (Lipinski definition) is 2. The van der Waals surface area contributed by atoms with Crippen LogP contribution in [0.15, 0.2) is 23.1 Å². The van der Waals surface area contributed by atoms with Gasteiger partial charge in [0.25, 0.3) is 0 Å². The molecule has 0 atom stereocenters. The Morgan fingerprint density at radius 2 is 1.89 bits per heavy atom. The zero-order valence-corrected chi connectivity index (χ0v) is 18.2. The van der Waals surface area contributed by atoms with Crippen LogP contribution >= 0.6 is 12.4 Å². The molecule has 1 heterocycles. The van der Waals surface area contributed by atoms with Crippen LogP contribution < -0.4 is 15.8 Å². The molecule has 0 bridgehead atoms. The highest BCUT2D eigenvalue weighted by molar-refractivity contribution is 7.89. The van der Waals surface area contributed by atoms with Crippen LogP contribution in [0.25, 0.3) is 0 Å². The number of amides is 1. The monoisotopic (exact) mass is 435 g/mol. The molecule has 0 spiro atoms. The molecule has 160 valence electrons. The number of carbonyl (C=O) groups excluding carboxylic acids is 1. The second-order valence-electron chi connectivity index (χ2n) is 6.53. The highest BCUT2D eigenvalue weighted by atomic mass is 35.5. The highest BCUT2D eigenvalue weighted by Gasteiger charge is 2.34. The Hall–Kier alpha value is -1.39. The first-order valence-electron chi connectivity index (χ1n) is 9.12. The lowest BCUT2D eigenvalue weighted by Crippen LogP contribution is -2.42. The summed E-state index contributed by atoms with van der Waals surface area (Å²) in [6.45, 7) is 5.32. The number of ether oxygens (including phenoxy) is 2. The van der Waals surface area contributed by atoms with Crippen LogP contribution in [0, 0.1) is 5.41 Å². The number of nitrogens with two attached hydrogens (primary N) is 1. The lowest BCUT2D eigenvalue weighted by atomic mass is 9.81. The van der Waals surface area contributed by atoms with Crippen molar-refractivity contribution in [2.75, 3.05) is 45.3 Å². The first-order chi connectivity index (χ1) is 12.8. The number of halogens is 1. The first kappa shape index (κ1) is 24.6. The van der Waals surface area contributed by atoms with Gasteiger partial charge in [0.15, 0.2) is 0 Å². The van der Waals surface area contributed by atoms with E-state index in [0.717, 1.165) is 0 Å². The van der Waals surface area contributed by atoms with Gasteiger partial charge in [-0.05, 0) is 31.0 Å². The molecule has 1 fully saturated rings. The fourth-order valence-electron chi connectivity index (χ4n) is 3.10. The first-order valence-corrected chi connectivity index (χ1v) is 10.6. The molecule has 10 heteroatoms. The number of morpholine rings is 1. The van der Waals surface area contributed by atoms with E-state index in [1.807, 2.05) is 13.8 Å². The summed E-state index contributed by atoms with van der Waals surface area (Å²) >= 11 is 0. The Labute approximate surface area is 173 Å². The molecule has 1 saturated heterocycles. The van der Waals surface area contributed by atoms with Crippen molar-refractivity contribution in [1.82, 2.24) is 4.31 Å². The van der Waals surface area contributed by atoms with Crippen molar-refractivity contribution in [3.8, 4) is 5.75 Å². The number of nitrogens with zero attached hydrogens (tertiary/aromatic N) is 1. The van der Waals surface area contributed by atoms with Gasteiger partial charge >= 0.3 is 0 Å². The van der Waals surface area contributed by atoms with Crippen molar-refractivity contribution in [3.63, 3.8) is 0 Å². The number of sulfonamides is 1. The van der Waals surface area contributed by atoms with E-state index >= 15 is 0 Å². The van der Waals surface area contributed by atoms with Crippen molar-refractivity contribution < 1.29 is 22.7 Å². The van der Waals surface area contributed by atoms with Gasteiger partial charge in [0.2, 0.25) is 15.9 Å². The predicted octanol–water partition coefficient (Wildman–Crippen LogP) is 1.84. The number of rotatable bonds is 8. The second kappa shape index (κ2) is 10.4. The average molecular weight is 436 g/mol. The summed E-state index contributed by atoms with van der Waals surface area (Å²) in [5, 5.41) is 2.82. The molecule has 1 aliphatic heterocycles. The quantitative estimate of drug-likeness (QED) is 0.644. The Balaban J connectivity index is 0.00000392. The van der Waals surface area contributed by atoms with E-state index in [-0.39, 0.29) is 48.6 Å². The third-order valence-electron chi connectivity index (χ3n) is 5.24. The second-order valence-corrected chi connectivity index (χ2v) is 8.43. The van der Waals surface area contributed by atoms with Crippen LogP contribution in [0.4, 0.5) is 5.69 Å². The summed E-state index contributed by atoms with van der Waals surface area (Å²) in [5.41, 5.74) is 5.55. The van der Waals surface area contributed by atoms with Gasteiger partial charge in [-0.3, -0.25) is 4.79 Å². The lowest BCUT2D eigenvalue weighted by Gasteiger charge is -2.29. The number of benzene rings is 1. The maximum absolute atomic E-state index is 13.0.